The smallest absolute Gasteiger partial charge is 0.0463 e. The van der Waals surface area contributed by atoms with E-state index in [0.29, 0.717) is 0 Å². The van der Waals surface area contributed by atoms with Crippen LogP contribution < -0.4 is 5.73 Å². The third-order valence-corrected chi connectivity index (χ3v) is 4.92. The standard InChI is InChI=1S/C14H14BrNS2/c1-17-12-5-2-10(3-6-12)9-18-14-7-4-11(15)8-13(14)16/h2-8H,9,16H2,1H3. The fourth-order valence-corrected chi connectivity index (χ4v) is 3.23. The van der Waals surface area contributed by atoms with Gasteiger partial charge in [-0.2, -0.15) is 0 Å². The van der Waals surface area contributed by atoms with Crippen molar-refractivity contribution in [3.05, 3.63) is 52.5 Å². The Kier molecular flexibility index (Phi) is 5.03. The monoisotopic (exact) mass is 339 g/mol. The van der Waals surface area contributed by atoms with Crippen molar-refractivity contribution in [1.82, 2.24) is 0 Å². The Balaban J connectivity index is 2.02. The molecule has 0 saturated carbocycles. The molecular weight excluding hydrogens is 326 g/mol. The van der Waals surface area contributed by atoms with Gasteiger partial charge in [-0.05, 0) is 42.2 Å². The number of anilines is 1. The van der Waals surface area contributed by atoms with Gasteiger partial charge >= 0.3 is 0 Å². The third-order valence-electron chi connectivity index (χ3n) is 2.53. The van der Waals surface area contributed by atoms with Crippen LogP contribution in [0.2, 0.25) is 0 Å². The molecule has 0 atom stereocenters. The molecule has 0 aliphatic carbocycles. The molecule has 0 unspecified atom stereocenters. The summed E-state index contributed by atoms with van der Waals surface area (Å²) in [5, 5.41) is 0. The summed E-state index contributed by atoms with van der Waals surface area (Å²) >= 11 is 6.95. The van der Waals surface area contributed by atoms with Crippen molar-refractivity contribution in [3.63, 3.8) is 0 Å². The zero-order valence-corrected chi connectivity index (χ0v) is 13.2. The number of halogens is 1. The second-order valence-electron chi connectivity index (χ2n) is 3.82. The molecule has 2 aromatic rings. The minimum atomic E-state index is 0.829. The molecule has 0 bridgehead atoms. The highest BCUT2D eigenvalue weighted by molar-refractivity contribution is 9.10. The van der Waals surface area contributed by atoms with Gasteiger partial charge in [-0.3, -0.25) is 0 Å². The van der Waals surface area contributed by atoms with E-state index in [0.717, 1.165) is 20.8 Å². The van der Waals surface area contributed by atoms with Crippen LogP contribution in [0.25, 0.3) is 0 Å². The van der Waals surface area contributed by atoms with Crippen molar-refractivity contribution in [3.8, 4) is 0 Å². The molecule has 2 rings (SSSR count). The Labute approximate surface area is 125 Å². The van der Waals surface area contributed by atoms with Crippen LogP contribution in [-0.4, -0.2) is 6.26 Å². The van der Waals surface area contributed by atoms with Gasteiger partial charge < -0.3 is 5.73 Å². The summed E-state index contributed by atoms with van der Waals surface area (Å²) < 4.78 is 1.02. The molecular formula is C14H14BrNS2. The normalized spacial score (nSPS) is 10.6. The first-order valence-corrected chi connectivity index (χ1v) is 8.50. The quantitative estimate of drug-likeness (QED) is 0.623. The Morgan fingerprint density at radius 3 is 2.44 bits per heavy atom. The first-order valence-electron chi connectivity index (χ1n) is 5.50. The summed E-state index contributed by atoms with van der Waals surface area (Å²) in [7, 11) is 0. The van der Waals surface area contributed by atoms with Crippen molar-refractivity contribution in [2.45, 2.75) is 15.5 Å². The van der Waals surface area contributed by atoms with E-state index in [-0.39, 0.29) is 0 Å². The maximum absolute atomic E-state index is 5.98. The average molecular weight is 340 g/mol. The molecule has 1 nitrogen and oxygen atoms in total. The van der Waals surface area contributed by atoms with Crippen LogP contribution in [0.5, 0.6) is 0 Å². The summed E-state index contributed by atoms with van der Waals surface area (Å²) in [4.78, 5) is 2.43. The van der Waals surface area contributed by atoms with Crippen molar-refractivity contribution in [2.75, 3.05) is 12.0 Å². The number of hydrogen-bond donors (Lipinski definition) is 1. The van der Waals surface area contributed by atoms with E-state index in [1.165, 1.54) is 10.5 Å². The molecule has 18 heavy (non-hydrogen) atoms. The Bertz CT molecular complexity index is 526. The maximum atomic E-state index is 5.98. The Hall–Kier alpha value is -0.580. The zero-order chi connectivity index (χ0) is 13.0. The van der Waals surface area contributed by atoms with Crippen molar-refractivity contribution in [2.24, 2.45) is 0 Å². The lowest BCUT2D eigenvalue weighted by Gasteiger charge is -2.06. The third kappa shape index (κ3) is 3.70. The number of rotatable bonds is 4. The first-order chi connectivity index (χ1) is 8.69. The summed E-state index contributed by atoms with van der Waals surface area (Å²) in [6.45, 7) is 0. The van der Waals surface area contributed by atoms with E-state index in [1.807, 2.05) is 12.1 Å². The van der Waals surface area contributed by atoms with Crippen molar-refractivity contribution in [1.29, 1.82) is 0 Å². The van der Waals surface area contributed by atoms with Crippen molar-refractivity contribution < 1.29 is 0 Å². The molecule has 0 heterocycles. The fraction of sp³-hybridized carbons (Fsp3) is 0.143. The molecule has 0 fully saturated rings. The zero-order valence-electron chi connectivity index (χ0n) is 10.0. The molecule has 2 N–H and O–H groups in total. The van der Waals surface area contributed by atoms with Gasteiger partial charge in [0.05, 0.1) is 0 Å². The van der Waals surface area contributed by atoms with E-state index >= 15 is 0 Å². The van der Waals surface area contributed by atoms with Crippen LogP contribution in [0.4, 0.5) is 5.69 Å². The number of benzene rings is 2. The molecule has 2 aromatic carbocycles. The van der Waals surface area contributed by atoms with Gasteiger partial charge in [0.15, 0.2) is 0 Å². The van der Waals surface area contributed by atoms with E-state index < -0.39 is 0 Å². The van der Waals surface area contributed by atoms with E-state index in [4.69, 9.17) is 5.73 Å². The van der Waals surface area contributed by atoms with Gasteiger partial charge in [0.25, 0.3) is 0 Å². The highest BCUT2D eigenvalue weighted by atomic mass is 79.9. The molecule has 94 valence electrons. The molecule has 0 radical (unpaired) electrons. The van der Waals surface area contributed by atoms with Crippen LogP contribution in [-0.2, 0) is 5.75 Å². The number of hydrogen-bond acceptors (Lipinski definition) is 3. The lowest BCUT2D eigenvalue weighted by atomic mass is 10.2. The maximum Gasteiger partial charge on any atom is 0.0463 e. The molecule has 0 amide bonds. The van der Waals surface area contributed by atoms with Gasteiger partial charge in [0.1, 0.15) is 0 Å². The van der Waals surface area contributed by atoms with Crippen LogP contribution in [0.15, 0.2) is 56.7 Å². The lowest BCUT2D eigenvalue weighted by Crippen LogP contribution is -1.89. The second-order valence-corrected chi connectivity index (χ2v) is 6.63. The van der Waals surface area contributed by atoms with Crippen LogP contribution >= 0.6 is 39.5 Å². The summed E-state index contributed by atoms with van der Waals surface area (Å²) in [6.07, 6.45) is 2.09. The highest BCUT2D eigenvalue weighted by Gasteiger charge is 2.01. The van der Waals surface area contributed by atoms with E-state index in [9.17, 15) is 0 Å². The fourth-order valence-electron chi connectivity index (χ4n) is 1.53. The minimum absolute atomic E-state index is 0.829. The molecule has 0 spiro atoms. The number of nitrogens with two attached hydrogens (primary N) is 1. The SMILES string of the molecule is CSc1ccc(CSc2ccc(Br)cc2N)cc1. The highest BCUT2D eigenvalue weighted by Crippen LogP contribution is 2.30. The van der Waals surface area contributed by atoms with Crippen LogP contribution in [0.3, 0.4) is 0 Å². The van der Waals surface area contributed by atoms with Crippen LogP contribution in [0.1, 0.15) is 5.56 Å². The molecule has 0 aliphatic rings. The molecule has 0 saturated heterocycles. The van der Waals surface area contributed by atoms with Crippen LogP contribution in [0, 0.1) is 0 Å². The van der Waals surface area contributed by atoms with E-state index in [2.05, 4.69) is 52.5 Å². The van der Waals surface area contributed by atoms with Crippen molar-refractivity contribution >= 4 is 45.1 Å². The average Bonchev–Trinajstić information content (AvgIpc) is 2.38. The van der Waals surface area contributed by atoms with Gasteiger partial charge in [0.2, 0.25) is 0 Å². The second kappa shape index (κ2) is 6.55. The van der Waals surface area contributed by atoms with Gasteiger partial charge in [-0.15, -0.1) is 23.5 Å². The Morgan fingerprint density at radius 2 is 1.83 bits per heavy atom. The van der Waals surface area contributed by atoms with Gasteiger partial charge in [0, 0.05) is 25.7 Å². The van der Waals surface area contributed by atoms with E-state index in [1.54, 1.807) is 23.5 Å². The molecule has 4 heteroatoms. The topological polar surface area (TPSA) is 26.0 Å². The number of nitrogen functional groups attached to an aromatic ring is 1. The Morgan fingerprint density at radius 1 is 1.11 bits per heavy atom. The minimum Gasteiger partial charge on any atom is -0.398 e. The molecule has 0 aromatic heterocycles. The predicted octanol–water partition coefficient (Wildman–Crippen LogP) is 5.05. The largest absolute Gasteiger partial charge is 0.398 e. The lowest BCUT2D eigenvalue weighted by molar-refractivity contribution is 1.34. The van der Waals surface area contributed by atoms with Gasteiger partial charge in [-0.1, -0.05) is 28.1 Å². The summed E-state index contributed by atoms with van der Waals surface area (Å²) in [5.41, 5.74) is 8.13. The summed E-state index contributed by atoms with van der Waals surface area (Å²) in [6, 6.07) is 14.7. The molecule has 0 aliphatic heterocycles. The summed E-state index contributed by atoms with van der Waals surface area (Å²) in [5.74, 6) is 0.945. The number of thioether (sulfide) groups is 2. The predicted molar refractivity (Wildman–Crippen MR) is 86.3 cm³/mol. The first kappa shape index (κ1) is 13.8. The van der Waals surface area contributed by atoms with Gasteiger partial charge in [-0.25, -0.2) is 0 Å².